The van der Waals surface area contributed by atoms with Crippen molar-refractivity contribution >= 4 is 18.5 Å². The molecule has 0 aliphatic carbocycles. The van der Waals surface area contributed by atoms with Crippen LogP contribution < -0.4 is 0 Å². The van der Waals surface area contributed by atoms with Gasteiger partial charge in [0.2, 0.25) is 0 Å². The molecule has 2 atom stereocenters. The van der Waals surface area contributed by atoms with E-state index >= 15 is 0 Å². The first-order chi connectivity index (χ1) is 4.71. The molecule has 0 N–H and O–H groups in total. The summed E-state index contributed by atoms with van der Waals surface area (Å²) < 4.78 is 0. The molecule has 0 spiro atoms. The second-order valence-electron chi connectivity index (χ2n) is 4.83. The van der Waals surface area contributed by atoms with Crippen LogP contribution >= 0.6 is 18.5 Å². The summed E-state index contributed by atoms with van der Waals surface area (Å²) in [5.41, 5.74) is 0. The lowest BCUT2D eigenvalue weighted by Crippen LogP contribution is -2.13. The van der Waals surface area contributed by atoms with E-state index in [1.807, 2.05) is 0 Å². The van der Waals surface area contributed by atoms with Gasteiger partial charge in [0.1, 0.15) is 0 Å². The van der Waals surface area contributed by atoms with E-state index < -0.39 is 0 Å². The zero-order chi connectivity index (χ0) is 9.12. The van der Waals surface area contributed by atoms with Crippen LogP contribution in [0.4, 0.5) is 0 Å². The van der Waals surface area contributed by atoms with E-state index in [4.69, 9.17) is 0 Å². The summed E-state index contributed by atoms with van der Waals surface area (Å²) in [5.74, 6) is 0. The average molecular weight is 192 g/mol. The molecular weight excluding hydrogens is 170 g/mol. The number of hydrogen-bond donors (Lipinski definition) is 0. The van der Waals surface area contributed by atoms with E-state index in [1.54, 1.807) is 0 Å². The van der Waals surface area contributed by atoms with Crippen LogP contribution in [0, 0.1) is 0 Å². The summed E-state index contributed by atoms with van der Waals surface area (Å²) in [6, 6.07) is 0. The molecule has 0 rings (SSSR count). The van der Waals surface area contributed by atoms with Crippen LogP contribution in [-0.2, 0) is 0 Å². The fraction of sp³-hybridized carbons (Fsp3) is 1.00. The highest BCUT2D eigenvalue weighted by molar-refractivity contribution is 7.19. The largest absolute Gasteiger partial charge is 0.132 e. The normalized spacial score (nSPS) is 13.6. The van der Waals surface area contributed by atoms with E-state index in [0.29, 0.717) is 10.3 Å². The molecule has 0 aromatic carbocycles. The molecule has 0 nitrogen and oxygen atoms in total. The van der Waals surface area contributed by atoms with Crippen molar-refractivity contribution in [1.82, 2.24) is 0 Å². The highest BCUT2D eigenvalue weighted by atomic mass is 31.0. The Morgan fingerprint density at radius 1 is 0.818 bits per heavy atom. The molecule has 0 saturated carbocycles. The highest BCUT2D eigenvalue weighted by Crippen LogP contribution is 2.28. The van der Waals surface area contributed by atoms with Crippen molar-refractivity contribution in [2.75, 3.05) is 0 Å². The second kappa shape index (κ2) is 4.20. The zero-order valence-electron chi connectivity index (χ0n) is 8.28. The Morgan fingerprint density at radius 2 is 1.09 bits per heavy atom. The lowest BCUT2D eigenvalue weighted by atomic mass is 10.00. The SMILES string of the molecule is CC(C)(P)CCCC(C)(C)P. The summed E-state index contributed by atoms with van der Waals surface area (Å²) in [5, 5.41) is 0.853. The Bertz CT molecular complexity index is 91.7. The van der Waals surface area contributed by atoms with Crippen molar-refractivity contribution in [2.45, 2.75) is 57.3 Å². The Balaban J connectivity index is 3.44. The molecule has 0 aromatic heterocycles. The first-order valence-corrected chi connectivity index (χ1v) is 5.44. The fourth-order valence-corrected chi connectivity index (χ4v) is 1.41. The van der Waals surface area contributed by atoms with Gasteiger partial charge in [-0.3, -0.25) is 0 Å². The molecule has 2 heteroatoms. The molecule has 0 radical (unpaired) electrons. The molecule has 0 saturated heterocycles. The Hall–Kier alpha value is 0.860. The smallest absolute Gasteiger partial charge is 0.0206 e. The van der Waals surface area contributed by atoms with Crippen LogP contribution in [0.2, 0.25) is 0 Å². The van der Waals surface area contributed by atoms with Crippen LogP contribution in [0.1, 0.15) is 47.0 Å². The molecule has 0 aliphatic rings. The minimum Gasteiger partial charge on any atom is -0.132 e. The fourth-order valence-electron chi connectivity index (χ4n) is 1.000. The summed E-state index contributed by atoms with van der Waals surface area (Å²) in [4.78, 5) is 0. The Kier molecular flexibility index (Phi) is 4.53. The van der Waals surface area contributed by atoms with Gasteiger partial charge < -0.3 is 0 Å². The lowest BCUT2D eigenvalue weighted by Gasteiger charge is -2.22. The molecular formula is C9H22P2. The third kappa shape index (κ3) is 10.9. The molecule has 11 heavy (non-hydrogen) atoms. The van der Waals surface area contributed by atoms with Crippen LogP contribution in [0.15, 0.2) is 0 Å². The molecule has 0 fully saturated rings. The molecule has 0 heterocycles. The van der Waals surface area contributed by atoms with Crippen LogP contribution in [0.3, 0.4) is 0 Å². The second-order valence-corrected chi connectivity index (χ2v) is 7.96. The predicted octanol–water partition coefficient (Wildman–Crippen LogP) is 3.46. The third-order valence-electron chi connectivity index (χ3n) is 1.64. The van der Waals surface area contributed by atoms with Gasteiger partial charge in [-0.15, -0.1) is 18.5 Å². The number of hydrogen-bond acceptors (Lipinski definition) is 0. The predicted molar refractivity (Wildman–Crippen MR) is 61.4 cm³/mol. The van der Waals surface area contributed by atoms with E-state index in [9.17, 15) is 0 Å². The maximum absolute atomic E-state index is 2.90. The lowest BCUT2D eigenvalue weighted by molar-refractivity contribution is 0.528. The summed E-state index contributed by atoms with van der Waals surface area (Å²) >= 11 is 0. The van der Waals surface area contributed by atoms with Crippen molar-refractivity contribution in [3.8, 4) is 0 Å². The average Bonchev–Trinajstić information content (AvgIpc) is 1.55. The van der Waals surface area contributed by atoms with E-state index in [2.05, 4.69) is 46.2 Å². The van der Waals surface area contributed by atoms with Gasteiger partial charge in [-0.1, -0.05) is 34.1 Å². The van der Waals surface area contributed by atoms with Crippen LogP contribution in [0.5, 0.6) is 0 Å². The number of rotatable bonds is 4. The maximum Gasteiger partial charge on any atom is -0.0206 e. The molecule has 0 bridgehead atoms. The zero-order valence-corrected chi connectivity index (χ0v) is 10.6. The van der Waals surface area contributed by atoms with Gasteiger partial charge in [-0.25, -0.2) is 0 Å². The van der Waals surface area contributed by atoms with Gasteiger partial charge in [0, 0.05) is 0 Å². The third-order valence-corrected chi connectivity index (χ3v) is 2.22. The van der Waals surface area contributed by atoms with Gasteiger partial charge in [-0.2, -0.15) is 0 Å². The molecule has 68 valence electrons. The van der Waals surface area contributed by atoms with Gasteiger partial charge in [0.05, 0.1) is 0 Å². The van der Waals surface area contributed by atoms with Gasteiger partial charge in [0.15, 0.2) is 0 Å². The standard InChI is InChI=1S/C9H22P2/c1-8(2,10)6-5-7-9(3,4)11/h5-7,10-11H2,1-4H3. The van der Waals surface area contributed by atoms with E-state index in [-0.39, 0.29) is 0 Å². The van der Waals surface area contributed by atoms with E-state index in [0.717, 1.165) is 0 Å². The van der Waals surface area contributed by atoms with Crippen LogP contribution in [0.25, 0.3) is 0 Å². The van der Waals surface area contributed by atoms with Crippen molar-refractivity contribution in [1.29, 1.82) is 0 Å². The molecule has 0 aliphatic heterocycles. The Labute approximate surface area is 76.3 Å². The first kappa shape index (κ1) is 11.9. The van der Waals surface area contributed by atoms with Crippen LogP contribution in [-0.4, -0.2) is 10.3 Å². The summed E-state index contributed by atoms with van der Waals surface area (Å²) in [6.07, 6.45) is 3.93. The quantitative estimate of drug-likeness (QED) is 0.598. The topological polar surface area (TPSA) is 0 Å². The Morgan fingerprint density at radius 3 is 1.27 bits per heavy atom. The molecule has 0 amide bonds. The molecule has 2 unspecified atom stereocenters. The van der Waals surface area contributed by atoms with Crippen molar-refractivity contribution in [2.24, 2.45) is 0 Å². The highest BCUT2D eigenvalue weighted by Gasteiger charge is 2.14. The molecule has 0 aromatic rings. The first-order valence-electron chi connectivity index (χ1n) is 4.28. The monoisotopic (exact) mass is 192 g/mol. The van der Waals surface area contributed by atoms with Crippen molar-refractivity contribution in [3.63, 3.8) is 0 Å². The minimum absolute atomic E-state index is 0.427. The van der Waals surface area contributed by atoms with E-state index in [1.165, 1.54) is 19.3 Å². The maximum atomic E-state index is 2.90. The van der Waals surface area contributed by atoms with Crippen molar-refractivity contribution in [3.05, 3.63) is 0 Å². The van der Waals surface area contributed by atoms with Gasteiger partial charge in [0.25, 0.3) is 0 Å². The van der Waals surface area contributed by atoms with Gasteiger partial charge in [-0.05, 0) is 23.2 Å². The minimum atomic E-state index is 0.427. The van der Waals surface area contributed by atoms with Crippen molar-refractivity contribution < 1.29 is 0 Å². The van der Waals surface area contributed by atoms with Gasteiger partial charge >= 0.3 is 0 Å². The summed E-state index contributed by atoms with van der Waals surface area (Å²) in [7, 11) is 5.80. The summed E-state index contributed by atoms with van der Waals surface area (Å²) in [6.45, 7) is 9.09.